The fraction of sp³-hybridized carbons (Fsp3) is 0.304. The van der Waals surface area contributed by atoms with Crippen LogP contribution >= 0.6 is 23.2 Å². The SMILES string of the molecule is CCN1Cc2nc(C)c(CN)c(-c3ccc(Cl)cc3Cl)c2C1=O.CCn1nccc1NC=O. The lowest BCUT2D eigenvalue weighted by molar-refractivity contribution is -0.105. The number of halogens is 2. The van der Waals surface area contributed by atoms with Gasteiger partial charge in [-0.3, -0.25) is 14.6 Å². The maximum absolute atomic E-state index is 12.8. The fourth-order valence-electron chi connectivity index (χ4n) is 3.82. The van der Waals surface area contributed by atoms with E-state index in [4.69, 9.17) is 28.9 Å². The van der Waals surface area contributed by atoms with E-state index in [0.29, 0.717) is 41.7 Å². The summed E-state index contributed by atoms with van der Waals surface area (Å²) in [7, 11) is 0. The van der Waals surface area contributed by atoms with Crippen LogP contribution in [-0.4, -0.2) is 38.5 Å². The lowest BCUT2D eigenvalue weighted by Gasteiger charge is -2.16. The number of anilines is 1. The number of hydrogen-bond donors (Lipinski definition) is 2. The Morgan fingerprint density at radius 2 is 1.94 bits per heavy atom. The molecule has 0 aliphatic carbocycles. The molecule has 1 aromatic carbocycles. The van der Waals surface area contributed by atoms with Crippen LogP contribution in [0.4, 0.5) is 5.82 Å². The molecule has 0 spiro atoms. The monoisotopic (exact) mass is 488 g/mol. The van der Waals surface area contributed by atoms with Gasteiger partial charge < -0.3 is 16.0 Å². The molecule has 1 aliphatic rings. The topological polar surface area (TPSA) is 106 Å². The van der Waals surface area contributed by atoms with Crippen molar-refractivity contribution in [3.63, 3.8) is 0 Å². The maximum atomic E-state index is 12.8. The number of amides is 2. The number of aryl methyl sites for hydroxylation is 2. The second-order valence-corrected chi connectivity index (χ2v) is 8.16. The number of pyridine rings is 1. The van der Waals surface area contributed by atoms with Gasteiger partial charge in [0.2, 0.25) is 6.41 Å². The van der Waals surface area contributed by atoms with Crippen molar-refractivity contribution in [1.82, 2.24) is 19.7 Å². The van der Waals surface area contributed by atoms with Crippen molar-refractivity contribution in [2.75, 3.05) is 11.9 Å². The summed E-state index contributed by atoms with van der Waals surface area (Å²) in [5.41, 5.74) is 10.6. The zero-order valence-electron chi connectivity index (χ0n) is 18.7. The maximum Gasteiger partial charge on any atom is 0.256 e. The van der Waals surface area contributed by atoms with Gasteiger partial charge in [-0.05, 0) is 38.5 Å². The molecule has 0 radical (unpaired) electrons. The third-order valence-corrected chi connectivity index (χ3v) is 5.98. The Kier molecular flexibility index (Phi) is 8.07. The van der Waals surface area contributed by atoms with Crippen LogP contribution < -0.4 is 11.1 Å². The second kappa shape index (κ2) is 10.8. The van der Waals surface area contributed by atoms with Crippen LogP contribution in [0.25, 0.3) is 11.1 Å². The first-order chi connectivity index (χ1) is 15.9. The molecule has 0 saturated carbocycles. The molecule has 3 N–H and O–H groups in total. The van der Waals surface area contributed by atoms with Gasteiger partial charge in [0.25, 0.3) is 5.91 Å². The number of benzene rings is 1. The highest BCUT2D eigenvalue weighted by atomic mass is 35.5. The van der Waals surface area contributed by atoms with Crippen LogP contribution in [0.3, 0.4) is 0 Å². The van der Waals surface area contributed by atoms with E-state index in [1.807, 2.05) is 26.8 Å². The van der Waals surface area contributed by atoms with E-state index in [-0.39, 0.29) is 5.91 Å². The molecule has 1 aliphatic heterocycles. The number of carbonyl (C=O) groups is 2. The number of aromatic nitrogens is 3. The van der Waals surface area contributed by atoms with E-state index >= 15 is 0 Å². The van der Waals surface area contributed by atoms with Crippen LogP contribution in [0.15, 0.2) is 30.5 Å². The molecule has 0 atom stereocenters. The highest BCUT2D eigenvalue weighted by Gasteiger charge is 2.33. The Bertz CT molecular complexity index is 1180. The highest BCUT2D eigenvalue weighted by molar-refractivity contribution is 6.36. The van der Waals surface area contributed by atoms with E-state index < -0.39 is 0 Å². The number of rotatable bonds is 6. The van der Waals surface area contributed by atoms with Crippen LogP contribution in [0.2, 0.25) is 10.0 Å². The largest absolute Gasteiger partial charge is 0.333 e. The smallest absolute Gasteiger partial charge is 0.256 e. The Balaban J connectivity index is 0.000000257. The van der Waals surface area contributed by atoms with Gasteiger partial charge in [0, 0.05) is 52.6 Å². The summed E-state index contributed by atoms with van der Waals surface area (Å²) in [4.78, 5) is 29.1. The first-order valence-corrected chi connectivity index (χ1v) is 11.3. The molecule has 0 unspecified atom stereocenters. The molecule has 3 aromatic rings. The van der Waals surface area contributed by atoms with Crippen molar-refractivity contribution in [2.45, 2.75) is 40.4 Å². The van der Waals surface area contributed by atoms with Crippen molar-refractivity contribution in [3.8, 4) is 11.1 Å². The summed E-state index contributed by atoms with van der Waals surface area (Å²) < 4.78 is 1.70. The van der Waals surface area contributed by atoms with Gasteiger partial charge in [0.15, 0.2) is 0 Å². The third kappa shape index (κ3) is 5.03. The van der Waals surface area contributed by atoms with E-state index in [1.165, 1.54) is 0 Å². The average Bonchev–Trinajstić information content (AvgIpc) is 3.37. The summed E-state index contributed by atoms with van der Waals surface area (Å²) in [5, 5.41) is 7.53. The Morgan fingerprint density at radius 3 is 2.55 bits per heavy atom. The van der Waals surface area contributed by atoms with Gasteiger partial charge in [-0.2, -0.15) is 5.10 Å². The molecular weight excluding hydrogens is 463 g/mol. The normalized spacial score (nSPS) is 12.3. The zero-order valence-corrected chi connectivity index (χ0v) is 20.2. The van der Waals surface area contributed by atoms with Crippen molar-refractivity contribution in [2.24, 2.45) is 5.73 Å². The average molecular weight is 489 g/mol. The van der Waals surface area contributed by atoms with Gasteiger partial charge in [0.1, 0.15) is 5.82 Å². The van der Waals surface area contributed by atoms with Gasteiger partial charge in [-0.25, -0.2) is 4.68 Å². The molecule has 174 valence electrons. The second-order valence-electron chi connectivity index (χ2n) is 7.31. The molecule has 0 saturated heterocycles. The molecule has 33 heavy (non-hydrogen) atoms. The quantitative estimate of drug-likeness (QED) is 0.503. The highest BCUT2D eigenvalue weighted by Crippen LogP contribution is 2.39. The summed E-state index contributed by atoms with van der Waals surface area (Å²) >= 11 is 12.4. The van der Waals surface area contributed by atoms with E-state index in [2.05, 4.69) is 15.4 Å². The minimum absolute atomic E-state index is 0.0225. The third-order valence-electron chi connectivity index (χ3n) is 5.43. The molecule has 2 amide bonds. The van der Waals surface area contributed by atoms with E-state index in [9.17, 15) is 9.59 Å². The minimum atomic E-state index is -0.0225. The first-order valence-electron chi connectivity index (χ1n) is 10.5. The van der Waals surface area contributed by atoms with Crippen LogP contribution in [-0.2, 0) is 24.4 Å². The summed E-state index contributed by atoms with van der Waals surface area (Å²) in [6, 6.07) is 7.03. The van der Waals surface area contributed by atoms with E-state index in [1.54, 1.807) is 34.0 Å². The van der Waals surface area contributed by atoms with Gasteiger partial charge in [-0.15, -0.1) is 0 Å². The van der Waals surface area contributed by atoms with Gasteiger partial charge in [0.05, 0.1) is 24.0 Å². The van der Waals surface area contributed by atoms with Crippen molar-refractivity contribution in [1.29, 1.82) is 0 Å². The molecule has 0 bridgehead atoms. The molecule has 3 heterocycles. The standard InChI is InChI=1S/C17H17Cl2N3O.C6H9N3O/c1-3-22-8-14-16(17(22)23)15(12(7-20)9(2)21-14)11-5-4-10(18)6-13(11)19;1-2-9-6(7-5-10)3-4-8-9/h4-6H,3,7-8,20H2,1-2H3;3-5H,2H2,1H3,(H,7,10). The number of hydrogen-bond acceptors (Lipinski definition) is 5. The fourth-order valence-corrected chi connectivity index (χ4v) is 4.32. The number of carbonyl (C=O) groups excluding carboxylic acids is 2. The Morgan fingerprint density at radius 1 is 1.18 bits per heavy atom. The van der Waals surface area contributed by atoms with E-state index in [0.717, 1.165) is 40.4 Å². The lowest BCUT2D eigenvalue weighted by atomic mass is 9.93. The van der Waals surface area contributed by atoms with Crippen molar-refractivity contribution < 1.29 is 9.59 Å². The lowest BCUT2D eigenvalue weighted by Crippen LogP contribution is -2.23. The molecule has 8 nitrogen and oxygen atoms in total. The van der Waals surface area contributed by atoms with Gasteiger partial charge in [-0.1, -0.05) is 29.3 Å². The molecule has 2 aromatic heterocycles. The molecular formula is C23H26Cl2N6O2. The first kappa shape index (κ1) is 24.7. The summed E-state index contributed by atoms with van der Waals surface area (Å²) in [5.74, 6) is 0.711. The Hall–Kier alpha value is -2.94. The van der Waals surface area contributed by atoms with Crippen LogP contribution in [0.5, 0.6) is 0 Å². The summed E-state index contributed by atoms with van der Waals surface area (Å²) in [6.45, 7) is 8.05. The van der Waals surface area contributed by atoms with Crippen molar-refractivity contribution >= 4 is 41.3 Å². The van der Waals surface area contributed by atoms with Crippen LogP contribution in [0, 0.1) is 6.92 Å². The molecule has 10 heteroatoms. The molecule has 4 rings (SSSR count). The predicted octanol–water partition coefficient (Wildman–Crippen LogP) is 4.27. The minimum Gasteiger partial charge on any atom is -0.333 e. The zero-order chi connectivity index (χ0) is 24.1. The van der Waals surface area contributed by atoms with Crippen LogP contribution in [0.1, 0.15) is 41.2 Å². The number of nitrogens with zero attached hydrogens (tertiary/aromatic N) is 4. The number of fused-ring (bicyclic) bond motifs is 1. The van der Waals surface area contributed by atoms with Gasteiger partial charge >= 0.3 is 0 Å². The Labute approximate surface area is 202 Å². The molecule has 0 fully saturated rings. The summed E-state index contributed by atoms with van der Waals surface area (Å²) in [6.07, 6.45) is 2.29. The number of nitrogens with two attached hydrogens (primary N) is 1. The predicted molar refractivity (Wildman–Crippen MR) is 130 cm³/mol. The van der Waals surface area contributed by atoms with Crippen molar-refractivity contribution in [3.05, 3.63) is 63.0 Å². The number of nitrogens with one attached hydrogen (secondary N) is 1.